The van der Waals surface area contributed by atoms with E-state index in [4.69, 9.17) is 4.74 Å². The number of aromatic amines is 1. The van der Waals surface area contributed by atoms with Gasteiger partial charge in [0.1, 0.15) is 22.4 Å². The maximum absolute atomic E-state index is 10.1. The maximum atomic E-state index is 10.1. The number of hydrogen-bond acceptors (Lipinski definition) is 5. The molecule has 1 aliphatic rings. The van der Waals surface area contributed by atoms with Gasteiger partial charge in [0.2, 0.25) is 0 Å². The highest BCUT2D eigenvalue weighted by atomic mass is 32.2. The van der Waals surface area contributed by atoms with Gasteiger partial charge in [0.15, 0.2) is 5.82 Å². The molecule has 31 heavy (non-hydrogen) atoms. The second-order valence-electron chi connectivity index (χ2n) is 6.91. The van der Waals surface area contributed by atoms with Crippen LogP contribution in [0.15, 0.2) is 89.3 Å². The van der Waals surface area contributed by atoms with E-state index in [9.17, 15) is 5.26 Å². The smallest absolute Gasteiger partial charge is 0.151 e. The number of methoxy groups -OCH3 is 1. The number of para-hydroxylation sites is 3. The van der Waals surface area contributed by atoms with Crippen molar-refractivity contribution in [1.82, 2.24) is 9.97 Å². The zero-order chi connectivity index (χ0) is 21.2. The van der Waals surface area contributed by atoms with Gasteiger partial charge in [-0.15, -0.1) is 0 Å². The number of ether oxygens (including phenoxy) is 1. The minimum Gasteiger partial charge on any atom is -0.497 e. The largest absolute Gasteiger partial charge is 0.497 e. The normalized spacial score (nSPS) is 15.0. The Hall–Kier alpha value is -3.95. The van der Waals surface area contributed by atoms with Gasteiger partial charge in [-0.1, -0.05) is 42.1 Å². The first kappa shape index (κ1) is 19.0. The predicted molar refractivity (Wildman–Crippen MR) is 126 cm³/mol. The van der Waals surface area contributed by atoms with Crippen LogP contribution < -0.4 is 9.64 Å². The Morgan fingerprint density at radius 1 is 1.00 bits per heavy atom. The topological polar surface area (TPSA) is 64.9 Å². The third kappa shape index (κ3) is 3.45. The van der Waals surface area contributed by atoms with Gasteiger partial charge in [0.05, 0.1) is 23.8 Å². The molecule has 0 fully saturated rings. The van der Waals surface area contributed by atoms with E-state index in [0.29, 0.717) is 11.4 Å². The van der Waals surface area contributed by atoms with Crippen LogP contribution in [0.5, 0.6) is 5.75 Å². The van der Waals surface area contributed by atoms with Crippen LogP contribution >= 0.6 is 11.8 Å². The Balaban J connectivity index is 1.65. The third-order valence-corrected chi connectivity index (χ3v) is 6.03. The molecule has 0 saturated carbocycles. The van der Waals surface area contributed by atoms with E-state index in [2.05, 4.69) is 26.3 Å². The number of anilines is 1. The summed E-state index contributed by atoms with van der Waals surface area (Å²) in [6.07, 6.45) is 0. The van der Waals surface area contributed by atoms with Crippen LogP contribution in [0, 0.1) is 11.3 Å². The average Bonchev–Trinajstić information content (AvgIpc) is 3.45. The van der Waals surface area contributed by atoms with Crippen molar-refractivity contribution >= 4 is 39.8 Å². The van der Waals surface area contributed by atoms with Gasteiger partial charge >= 0.3 is 0 Å². The minimum absolute atomic E-state index is 0.504. The summed E-state index contributed by atoms with van der Waals surface area (Å²) >= 11 is 1.53. The molecule has 1 N–H and O–H groups in total. The number of benzene rings is 3. The van der Waals surface area contributed by atoms with Crippen molar-refractivity contribution < 1.29 is 4.74 Å². The highest BCUT2D eigenvalue weighted by Crippen LogP contribution is 2.46. The number of aromatic nitrogens is 2. The monoisotopic (exact) mass is 422 g/mol. The van der Waals surface area contributed by atoms with Crippen LogP contribution in [-0.2, 0) is 0 Å². The summed E-state index contributed by atoms with van der Waals surface area (Å²) in [4.78, 5) is 10.1. The molecule has 5 rings (SSSR count). The van der Waals surface area contributed by atoms with Crippen LogP contribution in [0.25, 0.3) is 22.3 Å². The molecule has 0 bridgehead atoms. The van der Waals surface area contributed by atoms with Crippen molar-refractivity contribution in [3.63, 3.8) is 0 Å². The van der Waals surface area contributed by atoms with E-state index in [1.54, 1.807) is 7.11 Å². The number of hydrogen-bond donors (Lipinski definition) is 1. The molecule has 0 amide bonds. The van der Waals surface area contributed by atoms with Crippen molar-refractivity contribution in [2.24, 2.45) is 0 Å². The van der Waals surface area contributed by atoms with Crippen molar-refractivity contribution in [2.75, 3.05) is 12.0 Å². The molecule has 0 aliphatic carbocycles. The van der Waals surface area contributed by atoms with Crippen molar-refractivity contribution in [3.05, 3.63) is 101 Å². The van der Waals surface area contributed by atoms with Crippen molar-refractivity contribution in [3.8, 4) is 11.8 Å². The van der Waals surface area contributed by atoms with E-state index in [0.717, 1.165) is 38.8 Å². The average molecular weight is 423 g/mol. The number of nitrogens with one attached hydrogen (secondary N) is 1. The zero-order valence-electron chi connectivity index (χ0n) is 16.7. The van der Waals surface area contributed by atoms with Gasteiger partial charge in [-0.25, -0.2) is 4.98 Å². The molecule has 6 heteroatoms. The van der Waals surface area contributed by atoms with Gasteiger partial charge in [0.25, 0.3) is 0 Å². The fraction of sp³-hybridized carbons (Fsp3) is 0.0400. The van der Waals surface area contributed by atoms with E-state index in [1.165, 1.54) is 11.8 Å². The molecular formula is C25H18N4OS. The first-order chi connectivity index (χ1) is 15.3. The predicted octanol–water partition coefficient (Wildman–Crippen LogP) is 6.02. The van der Waals surface area contributed by atoms with Gasteiger partial charge in [-0.05, 0) is 54.1 Å². The third-order valence-electron chi connectivity index (χ3n) is 5.08. The number of imidazole rings is 1. The summed E-state index contributed by atoms with van der Waals surface area (Å²) in [6, 6.07) is 28.2. The lowest BCUT2D eigenvalue weighted by atomic mass is 10.1. The molecule has 2 heterocycles. The number of fused-ring (bicyclic) bond motifs is 1. The van der Waals surface area contributed by atoms with E-state index < -0.39 is 0 Å². The summed E-state index contributed by atoms with van der Waals surface area (Å²) in [5, 5.41) is 13.0. The molecule has 4 aromatic rings. The Kier molecular flexibility index (Phi) is 4.95. The van der Waals surface area contributed by atoms with Crippen molar-refractivity contribution in [2.45, 2.75) is 0 Å². The Morgan fingerprint density at radius 2 is 1.74 bits per heavy atom. The second-order valence-corrected chi connectivity index (χ2v) is 7.77. The van der Waals surface area contributed by atoms with Gasteiger partial charge in [-0.2, -0.15) is 5.26 Å². The maximum Gasteiger partial charge on any atom is 0.151 e. The molecule has 1 aromatic heterocycles. The van der Waals surface area contributed by atoms with Crippen molar-refractivity contribution in [1.29, 1.82) is 5.26 Å². The van der Waals surface area contributed by atoms with E-state index in [-0.39, 0.29) is 0 Å². The standard InChI is InChI=1S/C25H18N4OS/c1-30-19-13-11-17(12-14-19)23-16-31-25(29(23)18-7-3-2-4-8-18)20(15-26)24-27-21-9-5-6-10-22(21)28-24/h2-14,16H,1H3,(H,27,28)/b25-20+. The number of allylic oxidation sites excluding steroid dienone is 1. The highest BCUT2D eigenvalue weighted by molar-refractivity contribution is 8.06. The zero-order valence-corrected chi connectivity index (χ0v) is 17.6. The summed E-state index contributed by atoms with van der Waals surface area (Å²) in [7, 11) is 1.66. The highest BCUT2D eigenvalue weighted by Gasteiger charge is 2.29. The number of rotatable bonds is 4. The quantitative estimate of drug-likeness (QED) is 0.408. The van der Waals surface area contributed by atoms with Gasteiger partial charge < -0.3 is 14.6 Å². The first-order valence-corrected chi connectivity index (χ1v) is 10.6. The molecule has 0 unspecified atom stereocenters. The molecule has 1 aliphatic heterocycles. The number of thioether (sulfide) groups is 1. The number of H-pyrrole nitrogens is 1. The summed E-state index contributed by atoms with van der Waals surface area (Å²) in [5.74, 6) is 1.37. The van der Waals surface area contributed by atoms with Gasteiger partial charge in [-0.3, -0.25) is 0 Å². The number of nitriles is 1. The van der Waals surface area contributed by atoms with E-state index >= 15 is 0 Å². The molecule has 0 spiro atoms. The van der Waals surface area contributed by atoms with Crippen LogP contribution in [0.1, 0.15) is 11.4 Å². The Labute approximate surface area is 184 Å². The molecular weight excluding hydrogens is 404 g/mol. The first-order valence-electron chi connectivity index (χ1n) is 9.74. The second kappa shape index (κ2) is 8.05. The fourth-order valence-electron chi connectivity index (χ4n) is 3.56. The molecule has 3 aromatic carbocycles. The molecule has 0 atom stereocenters. The van der Waals surface area contributed by atoms with E-state index in [1.807, 2.05) is 78.9 Å². The summed E-state index contributed by atoms with van der Waals surface area (Å²) in [6.45, 7) is 0. The van der Waals surface area contributed by atoms with Crippen LogP contribution in [0.4, 0.5) is 5.69 Å². The lowest BCUT2D eigenvalue weighted by Crippen LogP contribution is -2.17. The minimum atomic E-state index is 0.504. The Morgan fingerprint density at radius 3 is 2.45 bits per heavy atom. The SMILES string of the molecule is COc1ccc(C2=CS/C(=C(\C#N)c3nc4ccccc4[nH]3)N2c2ccccc2)cc1. The Bertz CT molecular complexity index is 1310. The fourth-order valence-corrected chi connectivity index (χ4v) is 4.60. The van der Waals surface area contributed by atoms with Crippen LogP contribution in [-0.4, -0.2) is 17.1 Å². The van der Waals surface area contributed by atoms with Crippen LogP contribution in [0.2, 0.25) is 0 Å². The summed E-state index contributed by atoms with van der Waals surface area (Å²) in [5.41, 5.74) is 5.26. The van der Waals surface area contributed by atoms with Gasteiger partial charge in [0, 0.05) is 11.1 Å². The lowest BCUT2D eigenvalue weighted by molar-refractivity contribution is 0.415. The summed E-state index contributed by atoms with van der Waals surface area (Å²) < 4.78 is 5.30. The molecule has 150 valence electrons. The molecule has 5 nitrogen and oxygen atoms in total. The van der Waals surface area contributed by atoms with Crippen LogP contribution in [0.3, 0.4) is 0 Å². The molecule has 0 radical (unpaired) electrons. The lowest BCUT2D eigenvalue weighted by Gasteiger charge is -2.24. The number of nitrogens with zero attached hydrogens (tertiary/aromatic N) is 3. The molecule has 0 saturated heterocycles.